The van der Waals surface area contributed by atoms with Gasteiger partial charge in [-0.1, -0.05) is 0 Å². The SMILES string of the molecule is Cc1cccn1[B]C=O. The first-order valence-electron chi connectivity index (χ1n) is 2.76. The van der Waals surface area contributed by atoms with E-state index in [2.05, 4.69) is 0 Å². The van der Waals surface area contributed by atoms with E-state index in [4.69, 9.17) is 0 Å². The molecule has 0 spiro atoms. The predicted octanol–water partition coefficient (Wildman–Crippen LogP) is 0.454. The summed E-state index contributed by atoms with van der Waals surface area (Å²) < 4.78 is 1.77. The Hall–Kier alpha value is -0.985. The number of rotatable bonds is 2. The third-order valence-electron chi connectivity index (χ3n) is 1.21. The second-order valence-electron chi connectivity index (χ2n) is 1.84. The first kappa shape index (κ1) is 6.14. The summed E-state index contributed by atoms with van der Waals surface area (Å²) in [5, 5.41) is 0. The molecule has 1 heterocycles. The van der Waals surface area contributed by atoms with Gasteiger partial charge in [-0.05, 0) is 25.3 Å². The van der Waals surface area contributed by atoms with Gasteiger partial charge >= 0.3 is 7.41 Å². The van der Waals surface area contributed by atoms with Crippen LogP contribution in [0.15, 0.2) is 18.3 Å². The highest BCUT2D eigenvalue weighted by molar-refractivity contribution is 6.65. The smallest absolute Gasteiger partial charge is 0.333 e. The van der Waals surface area contributed by atoms with E-state index < -0.39 is 0 Å². The molecule has 0 aliphatic rings. The average molecular weight is 120 g/mol. The van der Waals surface area contributed by atoms with Gasteiger partial charge in [-0.3, -0.25) is 0 Å². The lowest BCUT2D eigenvalue weighted by molar-refractivity contribution is 0.568. The second-order valence-corrected chi connectivity index (χ2v) is 1.84. The van der Waals surface area contributed by atoms with Gasteiger partial charge in [0.2, 0.25) is 0 Å². The molecule has 2 nitrogen and oxygen atoms in total. The summed E-state index contributed by atoms with van der Waals surface area (Å²) in [5.74, 6) is 0. The molecule has 0 N–H and O–H groups in total. The molecule has 0 aromatic carbocycles. The van der Waals surface area contributed by atoms with Gasteiger partial charge in [-0.2, -0.15) is 0 Å². The summed E-state index contributed by atoms with van der Waals surface area (Å²) in [6, 6.07) is 3.84. The van der Waals surface area contributed by atoms with Crippen LogP contribution >= 0.6 is 0 Å². The van der Waals surface area contributed by atoms with Crippen molar-refractivity contribution >= 4 is 13.6 Å². The molecule has 0 amide bonds. The normalized spacial score (nSPS) is 9.00. The zero-order chi connectivity index (χ0) is 6.69. The molecule has 0 atom stereocenters. The Balaban J connectivity index is 2.80. The number of hydrogen-bond acceptors (Lipinski definition) is 1. The summed E-state index contributed by atoms with van der Waals surface area (Å²) in [4.78, 5) is 9.95. The summed E-state index contributed by atoms with van der Waals surface area (Å²) in [7, 11) is 1.48. The fourth-order valence-corrected chi connectivity index (χ4v) is 0.711. The molecule has 0 aliphatic carbocycles. The van der Waals surface area contributed by atoms with Crippen LogP contribution in [0.5, 0.6) is 0 Å². The fourth-order valence-electron chi connectivity index (χ4n) is 0.711. The second kappa shape index (κ2) is 2.53. The van der Waals surface area contributed by atoms with Crippen molar-refractivity contribution in [3.63, 3.8) is 0 Å². The van der Waals surface area contributed by atoms with Crippen molar-refractivity contribution in [3.8, 4) is 0 Å². The minimum absolute atomic E-state index is 0.771. The Morgan fingerprint density at radius 1 is 1.78 bits per heavy atom. The van der Waals surface area contributed by atoms with E-state index in [0.29, 0.717) is 0 Å². The molecular weight excluding hydrogens is 113 g/mol. The summed E-state index contributed by atoms with van der Waals surface area (Å²) in [6.45, 7) is 1.94. The summed E-state index contributed by atoms with van der Waals surface area (Å²) in [5.41, 5.74) is 1.07. The van der Waals surface area contributed by atoms with E-state index >= 15 is 0 Å². The fraction of sp³-hybridized carbons (Fsp3) is 0.167. The van der Waals surface area contributed by atoms with Gasteiger partial charge in [0.05, 0.1) is 0 Å². The third-order valence-corrected chi connectivity index (χ3v) is 1.21. The van der Waals surface area contributed by atoms with E-state index in [1.807, 2.05) is 25.3 Å². The molecule has 0 aliphatic heterocycles. The van der Waals surface area contributed by atoms with Crippen molar-refractivity contribution in [1.29, 1.82) is 0 Å². The van der Waals surface area contributed by atoms with Crippen molar-refractivity contribution < 1.29 is 4.79 Å². The molecule has 1 aromatic heterocycles. The Morgan fingerprint density at radius 3 is 3.00 bits per heavy atom. The first-order chi connectivity index (χ1) is 4.34. The van der Waals surface area contributed by atoms with Crippen LogP contribution in [0.2, 0.25) is 0 Å². The number of hydrogen-bond donors (Lipinski definition) is 0. The predicted molar refractivity (Wildman–Crippen MR) is 37.1 cm³/mol. The maximum atomic E-state index is 9.95. The van der Waals surface area contributed by atoms with Gasteiger partial charge < -0.3 is 9.27 Å². The van der Waals surface area contributed by atoms with Gasteiger partial charge in [0.25, 0.3) is 0 Å². The molecule has 45 valence electrons. The monoisotopic (exact) mass is 120 g/mol. The minimum atomic E-state index is 0.771. The lowest BCUT2D eigenvalue weighted by Gasteiger charge is -1.95. The lowest BCUT2D eigenvalue weighted by Crippen LogP contribution is -2.07. The van der Waals surface area contributed by atoms with Crippen LogP contribution < -0.4 is 0 Å². The van der Waals surface area contributed by atoms with E-state index in [1.54, 1.807) is 4.48 Å². The molecule has 0 bridgehead atoms. The zero-order valence-electron chi connectivity index (χ0n) is 5.24. The maximum absolute atomic E-state index is 9.95. The highest BCUT2D eigenvalue weighted by Crippen LogP contribution is 1.94. The van der Waals surface area contributed by atoms with Crippen LogP contribution in [0, 0.1) is 6.92 Å². The Morgan fingerprint density at radius 2 is 2.56 bits per heavy atom. The van der Waals surface area contributed by atoms with Crippen LogP contribution in [0.1, 0.15) is 5.69 Å². The Bertz CT molecular complexity index is 207. The van der Waals surface area contributed by atoms with Gasteiger partial charge in [0, 0.05) is 5.69 Å². The van der Waals surface area contributed by atoms with Crippen LogP contribution in [-0.4, -0.2) is 18.1 Å². The highest BCUT2D eigenvalue weighted by Gasteiger charge is 1.93. The largest absolute Gasteiger partial charge is 0.392 e. The maximum Gasteiger partial charge on any atom is 0.333 e. The van der Waals surface area contributed by atoms with Crippen molar-refractivity contribution in [2.75, 3.05) is 0 Å². The summed E-state index contributed by atoms with van der Waals surface area (Å²) in [6.07, 6.45) is 2.61. The molecule has 1 rings (SSSR count). The average Bonchev–Trinajstić information content (AvgIpc) is 2.18. The van der Waals surface area contributed by atoms with E-state index in [1.165, 1.54) is 7.41 Å². The number of carbonyl (C=O) groups excluding carboxylic acids is 1. The van der Waals surface area contributed by atoms with Crippen LogP contribution in [-0.2, 0) is 4.79 Å². The van der Waals surface area contributed by atoms with Gasteiger partial charge in [0.1, 0.15) is 6.19 Å². The van der Waals surface area contributed by atoms with E-state index in [-0.39, 0.29) is 0 Å². The van der Waals surface area contributed by atoms with Gasteiger partial charge in [0.15, 0.2) is 0 Å². The molecule has 0 fully saturated rings. The van der Waals surface area contributed by atoms with Crippen molar-refractivity contribution in [1.82, 2.24) is 4.48 Å². The van der Waals surface area contributed by atoms with Crippen LogP contribution in [0.4, 0.5) is 0 Å². The number of aromatic nitrogens is 1. The van der Waals surface area contributed by atoms with Crippen LogP contribution in [0.25, 0.3) is 0 Å². The summed E-state index contributed by atoms with van der Waals surface area (Å²) >= 11 is 0. The van der Waals surface area contributed by atoms with Crippen molar-refractivity contribution in [3.05, 3.63) is 24.0 Å². The van der Waals surface area contributed by atoms with Gasteiger partial charge in [-0.25, -0.2) is 0 Å². The van der Waals surface area contributed by atoms with E-state index in [0.717, 1.165) is 11.9 Å². The first-order valence-corrected chi connectivity index (χ1v) is 2.76. The number of nitrogens with zero attached hydrogens (tertiary/aromatic N) is 1. The van der Waals surface area contributed by atoms with Crippen molar-refractivity contribution in [2.24, 2.45) is 0 Å². The lowest BCUT2D eigenvalue weighted by atomic mass is 9.98. The minimum Gasteiger partial charge on any atom is -0.392 e. The third kappa shape index (κ3) is 1.22. The number of aryl methyl sites for hydroxylation is 1. The quantitative estimate of drug-likeness (QED) is 0.410. The molecule has 0 saturated carbocycles. The zero-order valence-corrected chi connectivity index (χ0v) is 5.24. The molecule has 3 heteroatoms. The van der Waals surface area contributed by atoms with Crippen molar-refractivity contribution in [2.45, 2.75) is 6.92 Å². The molecule has 1 radical (unpaired) electrons. The topological polar surface area (TPSA) is 22.0 Å². The Kier molecular flexibility index (Phi) is 1.73. The van der Waals surface area contributed by atoms with Crippen LogP contribution in [0.3, 0.4) is 0 Å². The Labute approximate surface area is 54.8 Å². The highest BCUT2D eigenvalue weighted by atomic mass is 16.1. The standard InChI is InChI=1S/C6H7BNO/c1-6-3-2-4-8(6)7-5-9/h2-5H,1H3. The molecular formula is C6H7BNO. The molecule has 0 saturated heterocycles. The number of carbonyl (C=O) groups is 1. The molecule has 0 unspecified atom stereocenters. The molecule has 9 heavy (non-hydrogen) atoms. The molecule has 1 aromatic rings. The van der Waals surface area contributed by atoms with Gasteiger partial charge in [-0.15, -0.1) is 0 Å². The van der Waals surface area contributed by atoms with E-state index in [9.17, 15) is 4.79 Å².